The van der Waals surface area contributed by atoms with Crippen LogP contribution in [0.1, 0.15) is 55.4 Å². The largest absolute Gasteiger partial charge is 0.463 e. The summed E-state index contributed by atoms with van der Waals surface area (Å²) in [7, 11) is -2.50. The summed E-state index contributed by atoms with van der Waals surface area (Å²) >= 11 is 0. The Morgan fingerprint density at radius 2 is 1.45 bits per heavy atom. The van der Waals surface area contributed by atoms with E-state index in [4.69, 9.17) is 23.4 Å². The maximum atomic E-state index is 12.1. The molecule has 1 rings (SSSR count). The minimum Gasteiger partial charge on any atom is -0.463 e. The van der Waals surface area contributed by atoms with E-state index in [0.29, 0.717) is 0 Å². The van der Waals surface area contributed by atoms with E-state index in [1.807, 2.05) is 13.1 Å². The molecule has 11 heteroatoms. The first-order valence-corrected chi connectivity index (χ1v) is 14.0. The third kappa shape index (κ3) is 7.78. The Balaban J connectivity index is 3.49. The number of carbonyl (C=O) groups excluding carboxylic acids is 4. The number of hydrogen-bond acceptors (Lipinski definition) is 9. The summed E-state index contributed by atoms with van der Waals surface area (Å²) < 4.78 is 28.7. The SMILES string of the molecule is CC(=O)N[C@H]1[C@H](O[Si](C)(C)C(C)(C)C(C)C)O[C@H](COC(C)=O)[C@@H](OC(C)=O)[C@@H]1OC(C)=O. The quantitative estimate of drug-likeness (QED) is 0.295. The average Bonchev–Trinajstić information content (AvgIpc) is 2.63. The molecule has 1 aliphatic heterocycles. The molecular formula is C22H39NO9Si. The number of ether oxygens (including phenoxy) is 4. The Morgan fingerprint density at radius 1 is 0.939 bits per heavy atom. The highest BCUT2D eigenvalue weighted by Crippen LogP contribution is 2.46. The van der Waals surface area contributed by atoms with Crippen LogP contribution in [0.2, 0.25) is 18.1 Å². The van der Waals surface area contributed by atoms with Crippen molar-refractivity contribution in [2.75, 3.05) is 6.61 Å². The van der Waals surface area contributed by atoms with Crippen molar-refractivity contribution >= 4 is 32.1 Å². The highest BCUT2D eigenvalue weighted by molar-refractivity contribution is 6.74. The Hall–Kier alpha value is -1.98. The summed E-state index contributed by atoms with van der Waals surface area (Å²) in [5, 5.41) is 2.55. The molecule has 0 aliphatic carbocycles. The van der Waals surface area contributed by atoms with Crippen LogP contribution in [-0.4, -0.2) is 69.4 Å². The minimum atomic E-state index is -2.50. The molecule has 0 aromatic heterocycles. The molecule has 1 saturated heterocycles. The van der Waals surface area contributed by atoms with E-state index in [-0.39, 0.29) is 17.6 Å². The van der Waals surface area contributed by atoms with Gasteiger partial charge in [-0.1, -0.05) is 27.7 Å². The summed E-state index contributed by atoms with van der Waals surface area (Å²) in [5.74, 6) is -1.96. The van der Waals surface area contributed by atoms with Crippen molar-refractivity contribution in [1.29, 1.82) is 0 Å². The topological polar surface area (TPSA) is 126 Å². The summed E-state index contributed by atoms with van der Waals surface area (Å²) in [5.41, 5.74) is 0. The van der Waals surface area contributed by atoms with Gasteiger partial charge >= 0.3 is 17.9 Å². The predicted molar refractivity (Wildman–Crippen MR) is 121 cm³/mol. The second-order valence-corrected chi connectivity index (χ2v) is 14.3. The van der Waals surface area contributed by atoms with Gasteiger partial charge < -0.3 is 28.7 Å². The Labute approximate surface area is 197 Å². The molecule has 1 aliphatic rings. The summed E-state index contributed by atoms with van der Waals surface area (Å²) in [6, 6.07) is -0.959. The fourth-order valence-corrected chi connectivity index (χ4v) is 6.01. The fourth-order valence-electron chi connectivity index (χ4n) is 3.53. The van der Waals surface area contributed by atoms with Crippen LogP contribution in [0, 0.1) is 5.92 Å². The van der Waals surface area contributed by atoms with Crippen molar-refractivity contribution in [1.82, 2.24) is 5.32 Å². The van der Waals surface area contributed by atoms with Crippen molar-refractivity contribution in [3.63, 3.8) is 0 Å². The van der Waals surface area contributed by atoms with Crippen LogP contribution in [0.25, 0.3) is 0 Å². The highest BCUT2D eigenvalue weighted by atomic mass is 28.4. The number of amides is 1. The van der Waals surface area contributed by atoms with Crippen molar-refractivity contribution in [3.05, 3.63) is 0 Å². The monoisotopic (exact) mass is 489 g/mol. The van der Waals surface area contributed by atoms with Gasteiger partial charge in [-0.2, -0.15) is 0 Å². The molecule has 0 spiro atoms. The van der Waals surface area contributed by atoms with E-state index in [9.17, 15) is 19.2 Å². The first-order chi connectivity index (χ1) is 15.0. The van der Waals surface area contributed by atoms with Gasteiger partial charge in [0.2, 0.25) is 5.91 Å². The predicted octanol–water partition coefficient (Wildman–Crippen LogP) is 2.30. The van der Waals surface area contributed by atoms with Crippen LogP contribution in [0.4, 0.5) is 0 Å². The lowest BCUT2D eigenvalue weighted by molar-refractivity contribution is -0.260. The molecule has 1 N–H and O–H groups in total. The summed E-state index contributed by atoms with van der Waals surface area (Å²) in [4.78, 5) is 47.3. The van der Waals surface area contributed by atoms with Gasteiger partial charge in [-0.3, -0.25) is 19.2 Å². The van der Waals surface area contributed by atoms with E-state index >= 15 is 0 Å². The Morgan fingerprint density at radius 3 is 1.88 bits per heavy atom. The zero-order valence-corrected chi connectivity index (χ0v) is 22.3. The highest BCUT2D eigenvalue weighted by Gasteiger charge is 2.54. The Bertz CT molecular complexity index is 737. The molecule has 0 bridgehead atoms. The van der Waals surface area contributed by atoms with Crippen LogP contribution < -0.4 is 5.32 Å². The van der Waals surface area contributed by atoms with Gasteiger partial charge in [0.05, 0.1) is 0 Å². The van der Waals surface area contributed by atoms with Crippen LogP contribution >= 0.6 is 0 Å². The average molecular weight is 490 g/mol. The van der Waals surface area contributed by atoms with Gasteiger partial charge in [-0.15, -0.1) is 0 Å². The van der Waals surface area contributed by atoms with Crippen molar-refractivity contribution in [3.8, 4) is 0 Å². The number of hydrogen-bond donors (Lipinski definition) is 1. The number of carbonyl (C=O) groups is 4. The van der Waals surface area contributed by atoms with E-state index in [0.717, 1.165) is 0 Å². The normalized spacial score (nSPS) is 25.8. The third-order valence-corrected chi connectivity index (χ3v) is 11.0. The molecule has 1 fully saturated rings. The third-order valence-electron chi connectivity index (χ3n) is 6.48. The second-order valence-electron chi connectivity index (χ2n) is 9.72. The molecule has 0 aromatic rings. The standard InChI is InChI=1S/C22H39NO9Si/c1-12(2)22(7,8)33(9,10)32-21-18(23-13(3)24)20(30-16(6)27)19(29-15(5)26)17(31-21)11-28-14(4)25/h12,17-21H,11H2,1-10H3,(H,23,24)/t17-,18-,19-,20-,21+/m1/s1. The molecule has 190 valence electrons. The zero-order valence-electron chi connectivity index (χ0n) is 21.3. The summed E-state index contributed by atoms with van der Waals surface area (Å²) in [6.07, 6.45) is -4.28. The van der Waals surface area contributed by atoms with E-state index in [1.54, 1.807) is 0 Å². The molecule has 5 atom stereocenters. The van der Waals surface area contributed by atoms with Crippen molar-refractivity contribution in [2.24, 2.45) is 5.92 Å². The maximum absolute atomic E-state index is 12.1. The molecule has 0 unspecified atom stereocenters. The molecule has 33 heavy (non-hydrogen) atoms. The summed E-state index contributed by atoms with van der Waals surface area (Å²) in [6.45, 7) is 17.2. The second kappa shape index (κ2) is 11.4. The number of esters is 3. The smallest absolute Gasteiger partial charge is 0.303 e. The van der Waals surface area contributed by atoms with Crippen LogP contribution in [-0.2, 0) is 42.6 Å². The van der Waals surface area contributed by atoms with Gasteiger partial charge in [-0.05, 0) is 24.1 Å². The van der Waals surface area contributed by atoms with Crippen LogP contribution in [0.5, 0.6) is 0 Å². The van der Waals surface area contributed by atoms with E-state index in [1.165, 1.54) is 27.7 Å². The van der Waals surface area contributed by atoms with E-state index in [2.05, 4.69) is 33.0 Å². The molecule has 0 saturated carbocycles. The van der Waals surface area contributed by atoms with Gasteiger partial charge in [0, 0.05) is 27.7 Å². The lowest BCUT2D eigenvalue weighted by atomic mass is 9.96. The number of nitrogens with one attached hydrogen (secondary N) is 1. The molecule has 1 heterocycles. The maximum Gasteiger partial charge on any atom is 0.303 e. The molecule has 10 nitrogen and oxygen atoms in total. The first kappa shape index (κ1) is 29.0. The fraction of sp³-hybridized carbons (Fsp3) is 0.818. The molecule has 0 aromatic carbocycles. The molecule has 1 amide bonds. The lowest BCUT2D eigenvalue weighted by Crippen LogP contribution is -2.68. The van der Waals surface area contributed by atoms with Gasteiger partial charge in [0.25, 0.3) is 0 Å². The van der Waals surface area contributed by atoms with Crippen molar-refractivity contribution < 1.29 is 42.6 Å². The van der Waals surface area contributed by atoms with Gasteiger partial charge in [0.1, 0.15) is 18.8 Å². The number of rotatable bonds is 9. The van der Waals surface area contributed by atoms with Crippen LogP contribution in [0.3, 0.4) is 0 Å². The molecular weight excluding hydrogens is 450 g/mol. The van der Waals surface area contributed by atoms with Crippen molar-refractivity contribution in [2.45, 2.75) is 104 Å². The van der Waals surface area contributed by atoms with Crippen LogP contribution in [0.15, 0.2) is 0 Å². The van der Waals surface area contributed by atoms with E-state index < -0.39 is 62.8 Å². The van der Waals surface area contributed by atoms with Gasteiger partial charge in [-0.25, -0.2) is 0 Å². The first-order valence-electron chi connectivity index (χ1n) is 11.1. The lowest BCUT2D eigenvalue weighted by Gasteiger charge is -2.50. The van der Waals surface area contributed by atoms with Gasteiger partial charge in [0.15, 0.2) is 26.8 Å². The zero-order chi connectivity index (χ0) is 25.7. The Kier molecular flexibility index (Phi) is 10.1. The minimum absolute atomic E-state index is 0.188. The molecule has 0 radical (unpaired) electrons.